The van der Waals surface area contributed by atoms with Gasteiger partial charge in [-0.05, 0) is 58.8 Å². The molecule has 0 radical (unpaired) electrons. The highest BCUT2D eigenvalue weighted by molar-refractivity contribution is 5.85. The molecule has 2 aliphatic rings. The molecule has 1 saturated heterocycles. The predicted octanol–water partition coefficient (Wildman–Crippen LogP) is 3.66. The molecule has 2 amide bonds. The van der Waals surface area contributed by atoms with Gasteiger partial charge in [-0.3, -0.25) is 9.69 Å². The molecule has 1 aliphatic carbocycles. The zero-order valence-electron chi connectivity index (χ0n) is 18.4. The van der Waals surface area contributed by atoms with Crippen molar-refractivity contribution < 1.29 is 24.2 Å². The van der Waals surface area contributed by atoms with Crippen LogP contribution >= 0.6 is 0 Å². The van der Waals surface area contributed by atoms with E-state index in [9.17, 15) is 19.5 Å². The molecule has 2 fully saturated rings. The van der Waals surface area contributed by atoms with Gasteiger partial charge in [0.25, 0.3) is 0 Å². The molecule has 1 aliphatic heterocycles. The highest BCUT2D eigenvalue weighted by atomic mass is 16.6. The zero-order valence-corrected chi connectivity index (χ0v) is 18.4. The molecule has 0 spiro atoms. The Morgan fingerprint density at radius 2 is 1.61 bits per heavy atom. The number of carbonyl (C=O) groups excluding carboxylic acids is 2. The van der Waals surface area contributed by atoms with Crippen LogP contribution in [0.15, 0.2) is 0 Å². The molecule has 1 N–H and O–H groups in total. The van der Waals surface area contributed by atoms with Crippen molar-refractivity contribution in [3.8, 4) is 0 Å². The number of amides is 2. The number of likely N-dealkylation sites (tertiary alicyclic amines) is 1. The summed E-state index contributed by atoms with van der Waals surface area (Å²) in [6, 6.07) is -0.232. The standard InChI is InChI=1S/C21H36N2O5/c1-14(24)23(15-8-10-20(5,6)11-9-15)16-12-21(7,17(25)26)22(13-16)18(27)28-19(2,3)4/h15-16H,8-13H2,1-7H3,(H,25,26)/t16-,21-/m0/s1. The van der Waals surface area contributed by atoms with E-state index in [1.807, 2.05) is 4.90 Å². The summed E-state index contributed by atoms with van der Waals surface area (Å²) in [6.07, 6.45) is 3.42. The van der Waals surface area contributed by atoms with Gasteiger partial charge in [0.1, 0.15) is 11.1 Å². The van der Waals surface area contributed by atoms with Gasteiger partial charge < -0.3 is 14.7 Å². The van der Waals surface area contributed by atoms with Crippen molar-refractivity contribution in [2.24, 2.45) is 5.41 Å². The van der Waals surface area contributed by atoms with Crippen LogP contribution in [0.5, 0.6) is 0 Å². The molecule has 0 aromatic carbocycles. The van der Waals surface area contributed by atoms with Gasteiger partial charge in [-0.25, -0.2) is 9.59 Å². The van der Waals surface area contributed by atoms with E-state index in [4.69, 9.17) is 4.74 Å². The number of rotatable bonds is 3. The number of hydrogen-bond acceptors (Lipinski definition) is 4. The molecule has 28 heavy (non-hydrogen) atoms. The number of nitrogens with zero attached hydrogens (tertiary/aromatic N) is 2. The zero-order chi connectivity index (χ0) is 21.5. The van der Waals surface area contributed by atoms with E-state index in [1.165, 1.54) is 11.8 Å². The third kappa shape index (κ3) is 4.78. The minimum atomic E-state index is -1.39. The van der Waals surface area contributed by atoms with Crippen LogP contribution in [0.25, 0.3) is 0 Å². The van der Waals surface area contributed by atoms with Crippen LogP contribution in [0.3, 0.4) is 0 Å². The van der Waals surface area contributed by atoms with E-state index in [1.54, 1.807) is 27.7 Å². The first kappa shape index (κ1) is 22.5. The fourth-order valence-corrected chi connectivity index (χ4v) is 4.50. The van der Waals surface area contributed by atoms with Gasteiger partial charge >= 0.3 is 12.1 Å². The van der Waals surface area contributed by atoms with Gasteiger partial charge in [0.2, 0.25) is 5.91 Å². The Morgan fingerprint density at radius 1 is 1.07 bits per heavy atom. The van der Waals surface area contributed by atoms with Crippen LogP contribution in [-0.4, -0.2) is 62.6 Å². The van der Waals surface area contributed by atoms with Gasteiger partial charge in [-0.2, -0.15) is 0 Å². The number of carboxylic acids is 1. The minimum Gasteiger partial charge on any atom is -0.480 e. The van der Waals surface area contributed by atoms with Crippen molar-refractivity contribution in [3.05, 3.63) is 0 Å². The summed E-state index contributed by atoms with van der Waals surface area (Å²) in [7, 11) is 0. The normalized spacial score (nSPS) is 28.1. The largest absolute Gasteiger partial charge is 0.480 e. The van der Waals surface area contributed by atoms with Crippen molar-refractivity contribution in [2.75, 3.05) is 6.54 Å². The fourth-order valence-electron chi connectivity index (χ4n) is 4.50. The monoisotopic (exact) mass is 396 g/mol. The highest BCUT2D eigenvalue weighted by Gasteiger charge is 2.54. The Hall–Kier alpha value is -1.79. The maximum Gasteiger partial charge on any atom is 0.411 e. The van der Waals surface area contributed by atoms with E-state index in [0.29, 0.717) is 0 Å². The summed E-state index contributed by atoms with van der Waals surface area (Å²) in [4.78, 5) is 40.4. The van der Waals surface area contributed by atoms with Gasteiger partial charge in [-0.15, -0.1) is 0 Å². The van der Waals surface area contributed by atoms with Crippen molar-refractivity contribution in [1.29, 1.82) is 0 Å². The van der Waals surface area contributed by atoms with Crippen LogP contribution in [-0.2, 0) is 14.3 Å². The Labute approximate surface area is 168 Å². The van der Waals surface area contributed by atoms with Crippen molar-refractivity contribution in [3.63, 3.8) is 0 Å². The molecule has 7 nitrogen and oxygen atoms in total. The third-order valence-corrected chi connectivity index (χ3v) is 6.16. The van der Waals surface area contributed by atoms with E-state index in [2.05, 4.69) is 13.8 Å². The summed E-state index contributed by atoms with van der Waals surface area (Å²) in [5, 5.41) is 9.85. The summed E-state index contributed by atoms with van der Waals surface area (Å²) in [5.74, 6) is -1.14. The first-order chi connectivity index (χ1) is 12.7. The lowest BCUT2D eigenvalue weighted by molar-refractivity contribution is -0.148. The van der Waals surface area contributed by atoms with E-state index < -0.39 is 23.2 Å². The average Bonchev–Trinajstić information content (AvgIpc) is 2.86. The number of hydrogen-bond donors (Lipinski definition) is 1. The van der Waals surface area contributed by atoms with E-state index in [0.717, 1.165) is 25.7 Å². The van der Waals surface area contributed by atoms with E-state index in [-0.39, 0.29) is 36.4 Å². The van der Waals surface area contributed by atoms with Crippen molar-refractivity contribution in [1.82, 2.24) is 9.80 Å². The fraction of sp³-hybridized carbons (Fsp3) is 0.857. The summed E-state index contributed by atoms with van der Waals surface area (Å²) >= 11 is 0. The van der Waals surface area contributed by atoms with Gasteiger partial charge in [-0.1, -0.05) is 13.8 Å². The molecule has 160 valence electrons. The lowest BCUT2D eigenvalue weighted by atomic mass is 9.75. The Bertz CT molecular complexity index is 629. The van der Waals surface area contributed by atoms with Crippen LogP contribution in [0.2, 0.25) is 0 Å². The number of aliphatic carboxylic acids is 1. The van der Waals surface area contributed by atoms with Crippen molar-refractivity contribution >= 4 is 18.0 Å². The topological polar surface area (TPSA) is 87.2 Å². The molecule has 0 bridgehead atoms. The maximum atomic E-state index is 12.7. The Kier molecular flexibility index (Phi) is 6.07. The van der Waals surface area contributed by atoms with Crippen LogP contribution < -0.4 is 0 Å². The SMILES string of the molecule is CC(=O)N(C1CCC(C)(C)CC1)[C@@H]1CN(C(=O)OC(C)(C)C)[C@](C)(C(=O)O)C1. The number of carbonyl (C=O) groups is 3. The average molecular weight is 397 g/mol. The lowest BCUT2D eigenvalue weighted by Gasteiger charge is -2.42. The second kappa shape index (κ2) is 7.56. The van der Waals surface area contributed by atoms with Gasteiger partial charge in [0.15, 0.2) is 0 Å². The predicted molar refractivity (Wildman–Crippen MR) is 106 cm³/mol. The summed E-state index contributed by atoms with van der Waals surface area (Å²) in [6.45, 7) is 13.0. The second-order valence-electron chi connectivity index (χ2n) is 10.3. The number of ether oxygens (including phenoxy) is 1. The van der Waals surface area contributed by atoms with Crippen LogP contribution in [0, 0.1) is 5.41 Å². The highest BCUT2D eigenvalue weighted by Crippen LogP contribution is 2.40. The first-order valence-electron chi connectivity index (χ1n) is 10.2. The quantitative estimate of drug-likeness (QED) is 0.787. The Morgan fingerprint density at radius 3 is 2.04 bits per heavy atom. The summed E-state index contributed by atoms with van der Waals surface area (Å²) < 4.78 is 5.45. The first-order valence-corrected chi connectivity index (χ1v) is 10.2. The molecule has 7 heteroatoms. The smallest absolute Gasteiger partial charge is 0.411 e. The van der Waals surface area contributed by atoms with Gasteiger partial charge in [0.05, 0.1) is 6.04 Å². The molecule has 1 saturated carbocycles. The molecular formula is C21H36N2O5. The summed E-state index contributed by atoms with van der Waals surface area (Å²) in [5.41, 5.74) is -1.84. The minimum absolute atomic E-state index is 0.0616. The molecular weight excluding hydrogens is 360 g/mol. The lowest BCUT2D eigenvalue weighted by Crippen LogP contribution is -2.52. The second-order valence-corrected chi connectivity index (χ2v) is 10.3. The van der Waals surface area contributed by atoms with E-state index >= 15 is 0 Å². The Balaban J connectivity index is 2.25. The maximum absolute atomic E-state index is 12.7. The van der Waals surface area contributed by atoms with Crippen molar-refractivity contribution in [2.45, 2.75) is 104 Å². The number of carboxylic acid groups (broad SMARTS) is 1. The molecule has 2 rings (SSSR count). The van der Waals surface area contributed by atoms with Crippen LogP contribution in [0.1, 0.15) is 80.6 Å². The van der Waals surface area contributed by atoms with Crippen LogP contribution in [0.4, 0.5) is 4.79 Å². The molecule has 0 aromatic rings. The molecule has 2 atom stereocenters. The molecule has 0 unspecified atom stereocenters. The molecule has 1 heterocycles. The third-order valence-electron chi connectivity index (χ3n) is 6.16. The molecule has 0 aromatic heterocycles. The van der Waals surface area contributed by atoms with Gasteiger partial charge in [0, 0.05) is 25.9 Å².